The number of hydrogen-bond donors (Lipinski definition) is 0. The summed E-state index contributed by atoms with van der Waals surface area (Å²) in [6, 6.07) is 5.10. The van der Waals surface area contributed by atoms with Gasteiger partial charge in [-0.15, -0.1) is 0 Å². The third kappa shape index (κ3) is 3.22. The molecule has 0 saturated heterocycles. The zero-order valence-electron chi connectivity index (χ0n) is 8.89. The van der Waals surface area contributed by atoms with E-state index in [2.05, 4.69) is 25.7 Å². The van der Waals surface area contributed by atoms with Crippen LogP contribution in [-0.4, -0.2) is 0 Å². The van der Waals surface area contributed by atoms with Crippen LogP contribution in [0.4, 0.5) is 4.39 Å². The largest absolute Gasteiger partial charge is 0.207 e. The normalized spacial score (nSPS) is 9.79. The topological polar surface area (TPSA) is 0 Å². The second-order valence-corrected chi connectivity index (χ2v) is 3.86. The maximum atomic E-state index is 13.1. The lowest BCUT2D eigenvalue weighted by atomic mass is 10.1. The van der Waals surface area contributed by atoms with E-state index in [0.29, 0.717) is 11.5 Å². The molecule has 14 heavy (non-hydrogen) atoms. The molecule has 0 heterocycles. The minimum absolute atomic E-state index is 0.179. The first-order valence-electron chi connectivity index (χ1n) is 4.84. The summed E-state index contributed by atoms with van der Waals surface area (Å²) in [5.74, 6) is 6.37. The van der Waals surface area contributed by atoms with E-state index in [0.717, 1.165) is 12.0 Å². The molecular formula is C13H15F. The van der Waals surface area contributed by atoms with Gasteiger partial charge in [0.15, 0.2) is 0 Å². The van der Waals surface area contributed by atoms with Crippen LogP contribution in [-0.2, 0) is 0 Å². The number of rotatable bonds is 1. The van der Waals surface area contributed by atoms with Crippen LogP contribution in [0.5, 0.6) is 0 Å². The quantitative estimate of drug-likeness (QED) is 0.594. The Bertz CT molecular complexity index is 367. The first kappa shape index (κ1) is 10.8. The van der Waals surface area contributed by atoms with Gasteiger partial charge in [-0.1, -0.05) is 31.8 Å². The van der Waals surface area contributed by atoms with Gasteiger partial charge in [-0.25, -0.2) is 4.39 Å². The van der Waals surface area contributed by atoms with Crippen molar-refractivity contribution in [2.45, 2.75) is 27.2 Å². The van der Waals surface area contributed by atoms with Crippen LogP contribution in [0.2, 0.25) is 0 Å². The SMILES string of the molecule is Cc1ccc(C#CCC(C)C)cc1F. The number of benzene rings is 1. The van der Waals surface area contributed by atoms with Gasteiger partial charge in [0.25, 0.3) is 0 Å². The maximum absolute atomic E-state index is 13.1. The third-order valence-electron chi connectivity index (χ3n) is 1.91. The molecule has 74 valence electrons. The molecule has 1 heteroatoms. The van der Waals surface area contributed by atoms with Crippen molar-refractivity contribution in [1.29, 1.82) is 0 Å². The van der Waals surface area contributed by atoms with Crippen LogP contribution in [0, 0.1) is 30.5 Å². The zero-order chi connectivity index (χ0) is 10.6. The zero-order valence-corrected chi connectivity index (χ0v) is 8.89. The first-order chi connectivity index (χ1) is 6.59. The molecule has 0 bridgehead atoms. The summed E-state index contributed by atoms with van der Waals surface area (Å²) in [7, 11) is 0. The second kappa shape index (κ2) is 4.81. The van der Waals surface area contributed by atoms with E-state index in [9.17, 15) is 4.39 Å². The van der Waals surface area contributed by atoms with Crippen molar-refractivity contribution in [3.8, 4) is 11.8 Å². The minimum Gasteiger partial charge on any atom is -0.207 e. The average molecular weight is 190 g/mol. The summed E-state index contributed by atoms with van der Waals surface area (Å²) in [4.78, 5) is 0. The van der Waals surface area contributed by atoms with E-state index in [1.54, 1.807) is 13.0 Å². The van der Waals surface area contributed by atoms with E-state index < -0.39 is 0 Å². The van der Waals surface area contributed by atoms with Crippen molar-refractivity contribution in [1.82, 2.24) is 0 Å². The van der Waals surface area contributed by atoms with Gasteiger partial charge >= 0.3 is 0 Å². The molecule has 0 amide bonds. The first-order valence-corrected chi connectivity index (χ1v) is 4.84. The average Bonchev–Trinajstić information content (AvgIpc) is 2.10. The third-order valence-corrected chi connectivity index (χ3v) is 1.91. The summed E-state index contributed by atoms with van der Waals surface area (Å²) in [6.45, 7) is 5.98. The molecule has 0 aliphatic heterocycles. The van der Waals surface area contributed by atoms with Crippen LogP contribution >= 0.6 is 0 Å². The van der Waals surface area contributed by atoms with Crippen molar-refractivity contribution in [2.24, 2.45) is 5.92 Å². The Morgan fingerprint density at radius 1 is 1.36 bits per heavy atom. The molecule has 0 spiro atoms. The van der Waals surface area contributed by atoms with E-state index in [1.165, 1.54) is 6.07 Å². The number of halogens is 1. The highest BCUT2D eigenvalue weighted by Gasteiger charge is 1.96. The Morgan fingerprint density at radius 2 is 2.07 bits per heavy atom. The van der Waals surface area contributed by atoms with Crippen molar-refractivity contribution in [3.05, 3.63) is 35.1 Å². The Hall–Kier alpha value is -1.29. The molecule has 0 aliphatic carbocycles. The molecule has 0 N–H and O–H groups in total. The summed E-state index contributed by atoms with van der Waals surface area (Å²) in [5, 5.41) is 0. The fourth-order valence-electron chi connectivity index (χ4n) is 1.03. The fraction of sp³-hybridized carbons (Fsp3) is 0.385. The molecule has 0 fully saturated rings. The van der Waals surface area contributed by atoms with Gasteiger partial charge in [-0.3, -0.25) is 0 Å². The number of hydrogen-bond acceptors (Lipinski definition) is 0. The summed E-state index contributed by atoms with van der Waals surface area (Å²) in [5.41, 5.74) is 1.42. The number of aryl methyl sites for hydroxylation is 1. The Labute approximate surface area is 85.2 Å². The summed E-state index contributed by atoms with van der Waals surface area (Å²) < 4.78 is 13.1. The van der Waals surface area contributed by atoms with Gasteiger partial charge in [-0.2, -0.15) is 0 Å². The minimum atomic E-state index is -0.179. The lowest BCUT2D eigenvalue weighted by Crippen LogP contribution is -1.85. The summed E-state index contributed by atoms with van der Waals surface area (Å²) in [6.07, 6.45) is 0.857. The van der Waals surface area contributed by atoms with Crippen molar-refractivity contribution >= 4 is 0 Å². The molecule has 0 aromatic heterocycles. The van der Waals surface area contributed by atoms with Gasteiger partial charge in [-0.05, 0) is 30.5 Å². The van der Waals surface area contributed by atoms with E-state index in [4.69, 9.17) is 0 Å². The lowest BCUT2D eigenvalue weighted by Gasteiger charge is -1.96. The smallest absolute Gasteiger partial charge is 0.127 e. The highest BCUT2D eigenvalue weighted by Crippen LogP contribution is 2.08. The predicted octanol–water partition coefficient (Wildman–Crippen LogP) is 3.53. The van der Waals surface area contributed by atoms with E-state index in [-0.39, 0.29) is 5.82 Å². The highest BCUT2D eigenvalue weighted by atomic mass is 19.1. The van der Waals surface area contributed by atoms with Crippen LogP contribution in [0.1, 0.15) is 31.4 Å². The van der Waals surface area contributed by atoms with Crippen LogP contribution < -0.4 is 0 Å². The Balaban J connectivity index is 2.76. The fourth-order valence-corrected chi connectivity index (χ4v) is 1.03. The van der Waals surface area contributed by atoms with E-state index in [1.807, 2.05) is 6.07 Å². The molecule has 0 saturated carbocycles. The maximum Gasteiger partial charge on any atom is 0.127 e. The van der Waals surface area contributed by atoms with Crippen LogP contribution in [0.3, 0.4) is 0 Å². The molecule has 0 aliphatic rings. The van der Waals surface area contributed by atoms with Gasteiger partial charge in [0, 0.05) is 12.0 Å². The molecule has 0 atom stereocenters. The van der Waals surface area contributed by atoms with Crippen LogP contribution in [0.25, 0.3) is 0 Å². The predicted molar refractivity (Wildman–Crippen MR) is 57.5 cm³/mol. The molecule has 1 rings (SSSR count). The molecule has 1 aromatic carbocycles. The van der Waals surface area contributed by atoms with Gasteiger partial charge in [0.05, 0.1) is 0 Å². The Morgan fingerprint density at radius 3 is 2.64 bits per heavy atom. The van der Waals surface area contributed by atoms with Gasteiger partial charge < -0.3 is 0 Å². The summed E-state index contributed by atoms with van der Waals surface area (Å²) >= 11 is 0. The molecule has 0 nitrogen and oxygen atoms in total. The molecule has 0 unspecified atom stereocenters. The second-order valence-electron chi connectivity index (χ2n) is 3.86. The Kier molecular flexibility index (Phi) is 3.71. The molecule has 0 radical (unpaired) electrons. The van der Waals surface area contributed by atoms with Crippen molar-refractivity contribution < 1.29 is 4.39 Å². The van der Waals surface area contributed by atoms with E-state index >= 15 is 0 Å². The van der Waals surface area contributed by atoms with Crippen LogP contribution in [0.15, 0.2) is 18.2 Å². The van der Waals surface area contributed by atoms with Crippen molar-refractivity contribution in [3.63, 3.8) is 0 Å². The van der Waals surface area contributed by atoms with Crippen molar-refractivity contribution in [2.75, 3.05) is 0 Å². The van der Waals surface area contributed by atoms with Gasteiger partial charge in [0.2, 0.25) is 0 Å². The standard InChI is InChI=1S/C13H15F/c1-10(2)5-4-6-12-8-7-11(3)13(14)9-12/h7-10H,5H2,1-3H3. The lowest BCUT2D eigenvalue weighted by molar-refractivity contribution is 0.618. The monoisotopic (exact) mass is 190 g/mol. The van der Waals surface area contributed by atoms with Gasteiger partial charge in [0.1, 0.15) is 5.82 Å². The molecular weight excluding hydrogens is 175 g/mol. The molecule has 1 aromatic rings. The highest BCUT2D eigenvalue weighted by molar-refractivity contribution is 5.36.